The van der Waals surface area contributed by atoms with Crippen LogP contribution in [0.5, 0.6) is 11.5 Å². The second-order valence-corrected chi connectivity index (χ2v) is 9.26. The molecule has 0 radical (unpaired) electrons. The van der Waals surface area contributed by atoms with Crippen molar-refractivity contribution >= 4 is 23.2 Å². The van der Waals surface area contributed by atoms with Crippen molar-refractivity contribution in [3.63, 3.8) is 0 Å². The number of hydrogen-bond acceptors (Lipinski definition) is 3. The molecule has 3 nitrogen and oxygen atoms in total. The zero-order chi connectivity index (χ0) is 23.5. The van der Waals surface area contributed by atoms with Gasteiger partial charge in [0.1, 0.15) is 17.7 Å². The van der Waals surface area contributed by atoms with Crippen LogP contribution in [0, 0.1) is 6.92 Å². The normalized spacial score (nSPS) is 15.4. The van der Waals surface area contributed by atoms with E-state index in [-0.39, 0.29) is 24.6 Å². The van der Waals surface area contributed by atoms with Crippen LogP contribution in [0.2, 0.25) is 0 Å². The van der Waals surface area contributed by atoms with Gasteiger partial charge in [-0.2, -0.15) is 0 Å². The average molecular weight is 488 g/mol. The summed E-state index contributed by atoms with van der Waals surface area (Å²) in [6, 6.07) is 30.4. The van der Waals surface area contributed by atoms with Crippen LogP contribution >= 0.6 is 12.4 Å². The van der Waals surface area contributed by atoms with Crippen molar-refractivity contribution in [1.82, 2.24) is 4.90 Å². The number of halogens is 1. The van der Waals surface area contributed by atoms with E-state index >= 15 is 0 Å². The molecule has 0 spiro atoms. The van der Waals surface area contributed by atoms with E-state index in [1.807, 2.05) is 0 Å². The summed E-state index contributed by atoms with van der Waals surface area (Å²) in [6.07, 6.45) is 2.63. The van der Waals surface area contributed by atoms with Crippen molar-refractivity contribution in [1.29, 1.82) is 0 Å². The molecule has 1 aliphatic heterocycles. The van der Waals surface area contributed by atoms with Gasteiger partial charge in [-0.3, -0.25) is 4.90 Å². The third-order valence-corrected chi connectivity index (χ3v) is 7.07. The van der Waals surface area contributed by atoms with Crippen LogP contribution in [0.4, 0.5) is 0 Å². The Morgan fingerprint density at radius 2 is 1.49 bits per heavy atom. The van der Waals surface area contributed by atoms with Crippen molar-refractivity contribution < 1.29 is 9.47 Å². The zero-order valence-electron chi connectivity index (χ0n) is 20.7. The summed E-state index contributed by atoms with van der Waals surface area (Å²) in [5, 5.41) is 2.54. The highest BCUT2D eigenvalue weighted by Crippen LogP contribution is 2.38. The minimum Gasteiger partial charge on any atom is -0.497 e. The number of ether oxygens (including phenoxy) is 2. The molecule has 4 heteroatoms. The molecule has 1 fully saturated rings. The molecule has 0 saturated carbocycles. The topological polar surface area (TPSA) is 21.7 Å². The average Bonchev–Trinajstić information content (AvgIpc) is 3.42. The van der Waals surface area contributed by atoms with E-state index in [4.69, 9.17) is 9.47 Å². The van der Waals surface area contributed by atoms with Crippen molar-refractivity contribution in [2.75, 3.05) is 20.2 Å². The molecule has 4 aromatic rings. The molecule has 0 N–H and O–H groups in total. The lowest BCUT2D eigenvalue weighted by molar-refractivity contribution is 0.0586. The Morgan fingerprint density at radius 1 is 0.800 bits per heavy atom. The largest absolute Gasteiger partial charge is 0.497 e. The minimum absolute atomic E-state index is 0. The van der Waals surface area contributed by atoms with Crippen LogP contribution in [-0.2, 0) is 0 Å². The predicted molar refractivity (Wildman–Crippen MR) is 147 cm³/mol. The van der Waals surface area contributed by atoms with Gasteiger partial charge in [-0.25, -0.2) is 0 Å². The van der Waals surface area contributed by atoms with Crippen LogP contribution in [-0.4, -0.2) is 31.3 Å². The quantitative estimate of drug-likeness (QED) is 0.251. The second-order valence-electron chi connectivity index (χ2n) is 9.26. The standard InChI is InChI=1S/C31H33NO2.ClH/c1-22-21-26(15-18-30(22)34-23(2)32-19-6-7-20-32)31(25-13-16-27(33-3)17-14-25)29-12-8-10-24-9-4-5-11-28(24)29;/h4-5,8-18,21,23,31H,6-7,19-20H2,1-3H3;1H. The highest BCUT2D eigenvalue weighted by atomic mass is 35.5. The maximum atomic E-state index is 6.39. The minimum atomic E-state index is 0. The Hall–Kier alpha value is -3.01. The van der Waals surface area contributed by atoms with Gasteiger partial charge in [0.25, 0.3) is 0 Å². The summed E-state index contributed by atoms with van der Waals surface area (Å²) in [4.78, 5) is 2.42. The van der Waals surface area contributed by atoms with Gasteiger partial charge in [0.15, 0.2) is 0 Å². The molecule has 1 heterocycles. The Labute approximate surface area is 215 Å². The van der Waals surface area contributed by atoms with E-state index < -0.39 is 0 Å². The van der Waals surface area contributed by atoms with Gasteiger partial charge >= 0.3 is 0 Å². The van der Waals surface area contributed by atoms with Gasteiger partial charge in [0, 0.05) is 19.0 Å². The van der Waals surface area contributed by atoms with Gasteiger partial charge in [-0.15, -0.1) is 12.4 Å². The van der Waals surface area contributed by atoms with Gasteiger partial charge in [0.2, 0.25) is 0 Å². The van der Waals surface area contributed by atoms with Gasteiger partial charge < -0.3 is 9.47 Å². The van der Waals surface area contributed by atoms with Crippen LogP contribution < -0.4 is 9.47 Å². The molecule has 182 valence electrons. The van der Waals surface area contributed by atoms with Crippen molar-refractivity contribution in [2.24, 2.45) is 0 Å². The molecule has 0 amide bonds. The number of benzene rings is 4. The lowest BCUT2D eigenvalue weighted by atomic mass is 9.82. The maximum absolute atomic E-state index is 6.39. The molecule has 4 aromatic carbocycles. The molecular weight excluding hydrogens is 454 g/mol. The molecule has 0 aliphatic carbocycles. The number of methoxy groups -OCH3 is 1. The van der Waals surface area contributed by atoms with E-state index in [0.29, 0.717) is 0 Å². The zero-order valence-corrected chi connectivity index (χ0v) is 21.6. The first-order valence-corrected chi connectivity index (χ1v) is 12.3. The number of hydrogen-bond donors (Lipinski definition) is 0. The monoisotopic (exact) mass is 487 g/mol. The van der Waals surface area contributed by atoms with Crippen LogP contribution in [0.15, 0.2) is 84.9 Å². The summed E-state index contributed by atoms with van der Waals surface area (Å²) >= 11 is 0. The molecule has 5 rings (SSSR count). The molecular formula is C31H34ClNO2. The molecule has 0 bridgehead atoms. The fourth-order valence-corrected chi connectivity index (χ4v) is 5.20. The van der Waals surface area contributed by atoms with Crippen LogP contribution in [0.1, 0.15) is 47.9 Å². The lowest BCUT2D eigenvalue weighted by Gasteiger charge is -2.26. The van der Waals surface area contributed by atoms with Crippen molar-refractivity contribution in [3.8, 4) is 11.5 Å². The van der Waals surface area contributed by atoms with Crippen molar-refractivity contribution in [3.05, 3.63) is 107 Å². The maximum Gasteiger partial charge on any atom is 0.149 e. The second kappa shape index (κ2) is 11.2. The lowest BCUT2D eigenvalue weighted by Crippen LogP contribution is -2.34. The van der Waals surface area contributed by atoms with Gasteiger partial charge in [0.05, 0.1) is 7.11 Å². The summed E-state index contributed by atoms with van der Waals surface area (Å²) in [5.74, 6) is 1.95. The third-order valence-electron chi connectivity index (χ3n) is 7.07. The number of likely N-dealkylation sites (tertiary alicyclic amines) is 1. The van der Waals surface area contributed by atoms with Gasteiger partial charge in [-0.1, -0.05) is 66.7 Å². The summed E-state index contributed by atoms with van der Waals surface area (Å²) < 4.78 is 11.8. The first kappa shape index (κ1) is 25.1. The fraction of sp³-hybridized carbons (Fsp3) is 0.290. The third kappa shape index (κ3) is 5.32. The van der Waals surface area contributed by atoms with E-state index in [2.05, 4.69) is 104 Å². The van der Waals surface area contributed by atoms with Crippen LogP contribution in [0.3, 0.4) is 0 Å². The molecule has 1 saturated heterocycles. The highest BCUT2D eigenvalue weighted by Gasteiger charge is 2.22. The van der Waals surface area contributed by atoms with Crippen molar-refractivity contribution in [2.45, 2.75) is 38.8 Å². The Bertz CT molecular complexity index is 1260. The summed E-state index contributed by atoms with van der Waals surface area (Å²) in [7, 11) is 1.71. The molecule has 1 aliphatic rings. The Balaban J connectivity index is 0.00000289. The smallest absolute Gasteiger partial charge is 0.149 e. The SMILES string of the molecule is COc1ccc(C(c2ccc(OC(C)N3CCCC3)c(C)c2)c2cccc3ccccc23)cc1.Cl. The van der Waals surface area contributed by atoms with Crippen LogP contribution in [0.25, 0.3) is 10.8 Å². The summed E-state index contributed by atoms with van der Waals surface area (Å²) in [6.45, 7) is 6.57. The highest BCUT2D eigenvalue weighted by molar-refractivity contribution is 5.87. The number of fused-ring (bicyclic) bond motifs is 1. The van der Waals surface area contributed by atoms with E-state index in [1.54, 1.807) is 7.11 Å². The van der Waals surface area contributed by atoms with Gasteiger partial charge in [-0.05, 0) is 77.9 Å². The number of aryl methyl sites for hydroxylation is 1. The number of nitrogens with zero attached hydrogens (tertiary/aromatic N) is 1. The van der Waals surface area contributed by atoms with E-state index in [1.165, 1.54) is 45.9 Å². The first-order chi connectivity index (χ1) is 16.6. The molecule has 2 atom stereocenters. The van der Waals surface area contributed by atoms with E-state index in [9.17, 15) is 0 Å². The summed E-state index contributed by atoms with van der Waals surface area (Å²) in [5.41, 5.74) is 4.99. The predicted octanol–water partition coefficient (Wildman–Crippen LogP) is 7.58. The Morgan fingerprint density at radius 3 is 2.20 bits per heavy atom. The molecule has 2 unspecified atom stereocenters. The number of rotatable bonds is 7. The first-order valence-electron chi connectivity index (χ1n) is 12.3. The molecule has 0 aromatic heterocycles. The van der Waals surface area contributed by atoms with E-state index in [0.717, 1.165) is 24.6 Å². The molecule has 35 heavy (non-hydrogen) atoms. The fourth-order valence-electron chi connectivity index (χ4n) is 5.20. The Kier molecular flexibility index (Phi) is 8.00.